The Hall–Kier alpha value is -3.18. The molecule has 29 heavy (non-hydrogen) atoms. The van der Waals surface area contributed by atoms with Crippen molar-refractivity contribution in [1.29, 1.82) is 0 Å². The summed E-state index contributed by atoms with van der Waals surface area (Å²) in [6.45, 7) is 0. The van der Waals surface area contributed by atoms with Crippen LogP contribution in [0.4, 0.5) is 17.1 Å². The molecule has 0 aromatic heterocycles. The van der Waals surface area contributed by atoms with Crippen LogP contribution >= 0.6 is 24.8 Å². The lowest BCUT2D eigenvalue weighted by Crippen LogP contribution is -2.45. The quantitative estimate of drug-likeness (QED) is 0.107. The van der Waals surface area contributed by atoms with Crippen molar-refractivity contribution in [1.82, 2.24) is 10.9 Å². The van der Waals surface area contributed by atoms with Gasteiger partial charge in [0, 0.05) is 29.9 Å². The number of hydrazine groups is 1. The molecule has 9 nitrogen and oxygen atoms in total. The summed E-state index contributed by atoms with van der Waals surface area (Å²) < 4.78 is 0. The molecule has 0 aliphatic carbocycles. The van der Waals surface area contributed by atoms with Crippen LogP contribution in [0, 0.1) is 16.0 Å². The maximum atomic E-state index is 12.1. The molecule has 0 saturated carbocycles. The van der Waals surface area contributed by atoms with Crippen molar-refractivity contribution >= 4 is 59.2 Å². The summed E-state index contributed by atoms with van der Waals surface area (Å²) in [5.41, 5.74) is 6.15. The molecule has 0 spiro atoms. The van der Waals surface area contributed by atoms with Crippen molar-refractivity contribution in [3.05, 3.63) is 64.7 Å². The first kappa shape index (κ1) is 22.1. The molecule has 0 radical (unpaired) electrons. The zero-order chi connectivity index (χ0) is 21.2. The molecule has 4 N–H and O–H groups in total. The highest BCUT2D eigenvalue weighted by Gasteiger charge is 2.21. The van der Waals surface area contributed by atoms with Crippen LogP contribution in [-0.4, -0.2) is 27.6 Å². The molecule has 11 heteroatoms. The van der Waals surface area contributed by atoms with Crippen molar-refractivity contribution in [2.45, 2.75) is 11.8 Å². The minimum absolute atomic E-state index is 0.0481. The van der Waals surface area contributed by atoms with Gasteiger partial charge in [-0.1, -0.05) is 18.2 Å². The number of non-ortho nitro benzene ring substituents is 1. The van der Waals surface area contributed by atoms with Crippen molar-refractivity contribution in [2.75, 3.05) is 10.6 Å². The van der Waals surface area contributed by atoms with Gasteiger partial charge in [-0.05, 0) is 36.5 Å². The van der Waals surface area contributed by atoms with Crippen LogP contribution in [0.15, 0.2) is 54.6 Å². The molecule has 0 bridgehead atoms. The average molecular weight is 434 g/mol. The van der Waals surface area contributed by atoms with E-state index in [1.165, 1.54) is 24.3 Å². The molecule has 2 atom stereocenters. The second-order valence-corrected chi connectivity index (χ2v) is 6.86. The van der Waals surface area contributed by atoms with E-state index in [1.807, 2.05) is 30.3 Å². The second kappa shape index (κ2) is 11.0. The van der Waals surface area contributed by atoms with Gasteiger partial charge in [-0.25, -0.2) is 0 Å². The monoisotopic (exact) mass is 433 g/mol. The number of nitro groups is 1. The predicted molar refractivity (Wildman–Crippen MR) is 118 cm³/mol. The van der Waals surface area contributed by atoms with Gasteiger partial charge < -0.3 is 15.4 Å². The summed E-state index contributed by atoms with van der Waals surface area (Å²) in [6, 6.07) is 14.8. The van der Waals surface area contributed by atoms with Crippen LogP contribution in [0.1, 0.15) is 6.42 Å². The third-order valence-corrected chi connectivity index (χ3v) is 4.46. The Labute approximate surface area is 177 Å². The van der Waals surface area contributed by atoms with Crippen LogP contribution in [0.2, 0.25) is 0 Å². The number of nitro benzene ring substituents is 1. The Morgan fingerprint density at radius 3 is 2.34 bits per heavy atom. The van der Waals surface area contributed by atoms with Gasteiger partial charge in [0.15, 0.2) is 5.11 Å². The number of carbonyl (C=O) groups is 2. The number of carbonyl (C=O) groups excluding carboxylic acids is 2. The summed E-state index contributed by atoms with van der Waals surface area (Å²) in [5.74, 6) is -1.12. The lowest BCUT2D eigenvalue weighted by molar-refractivity contribution is -0.384. The predicted octanol–water partition coefficient (Wildman–Crippen LogP) is 2.49. The number of hydrogen-bond acceptors (Lipinski definition) is 7. The van der Waals surface area contributed by atoms with Gasteiger partial charge in [-0.15, -0.1) is 0 Å². The first-order valence-electron chi connectivity index (χ1n) is 8.44. The van der Waals surface area contributed by atoms with Crippen molar-refractivity contribution in [3.63, 3.8) is 0 Å². The summed E-state index contributed by atoms with van der Waals surface area (Å²) in [5, 5.41) is 16.0. The van der Waals surface area contributed by atoms with E-state index < -0.39 is 22.1 Å². The fourth-order valence-corrected chi connectivity index (χ4v) is 2.76. The summed E-state index contributed by atoms with van der Waals surface area (Å²) >= 11 is 9.41. The van der Waals surface area contributed by atoms with Crippen LogP contribution < -0.4 is 21.5 Å². The Bertz CT molecular complexity index is 864. The number of benzene rings is 2. The topological polar surface area (TPSA) is 125 Å². The molecule has 2 rings (SSSR count). The molecule has 1 amide bonds. The van der Waals surface area contributed by atoms with Crippen LogP contribution in [0.25, 0.3) is 0 Å². The molecular weight excluding hydrogens is 414 g/mol. The van der Waals surface area contributed by atoms with Gasteiger partial charge in [-0.2, -0.15) is 12.6 Å². The maximum absolute atomic E-state index is 12.1. The lowest BCUT2D eigenvalue weighted by Gasteiger charge is -2.20. The molecular formula is C18H19N5O4S2. The number of nitrogens with zero attached hydrogens (tertiary/aromatic N) is 1. The second-order valence-electron chi connectivity index (χ2n) is 5.89. The van der Waals surface area contributed by atoms with E-state index in [1.54, 1.807) is 0 Å². The van der Waals surface area contributed by atoms with E-state index in [9.17, 15) is 19.7 Å². The number of aldehydes is 1. The smallest absolute Gasteiger partial charge is 0.269 e. The number of thiol groups is 1. The summed E-state index contributed by atoms with van der Waals surface area (Å²) in [6.07, 6.45) is 0.561. The minimum atomic E-state index is -0.670. The number of amides is 1. The van der Waals surface area contributed by atoms with E-state index in [0.717, 1.165) is 5.69 Å². The van der Waals surface area contributed by atoms with E-state index in [-0.39, 0.29) is 17.2 Å². The number of thiocarbonyl (C=S) groups is 1. The van der Waals surface area contributed by atoms with Crippen molar-refractivity contribution in [3.8, 4) is 0 Å². The standard InChI is InChI=1S/C18H19N5O4S2/c24-11-12(17(28)19-13-4-2-1-3-5-13)10-16(25)21-22-18(29)20-14-6-8-15(9-7-14)23(26)27/h1-9,11-12,17,19,28H,10H2,(H,21,25)(H2,20,22,29). The van der Waals surface area contributed by atoms with Crippen LogP contribution in [-0.2, 0) is 9.59 Å². The highest BCUT2D eigenvalue weighted by molar-refractivity contribution is 7.81. The summed E-state index contributed by atoms with van der Waals surface area (Å²) in [7, 11) is 0. The molecule has 0 heterocycles. The maximum Gasteiger partial charge on any atom is 0.269 e. The van der Waals surface area contributed by atoms with Gasteiger partial charge in [-0.3, -0.25) is 25.8 Å². The van der Waals surface area contributed by atoms with Gasteiger partial charge in [0.05, 0.1) is 16.2 Å². The molecule has 2 aromatic rings. The highest BCUT2D eigenvalue weighted by atomic mass is 32.1. The fourth-order valence-electron chi connectivity index (χ4n) is 2.27. The Morgan fingerprint density at radius 1 is 1.10 bits per heavy atom. The molecule has 0 aliphatic heterocycles. The number of hydrogen-bond donors (Lipinski definition) is 5. The molecule has 2 aromatic carbocycles. The fraction of sp³-hybridized carbons (Fsp3) is 0.167. The van der Waals surface area contributed by atoms with Crippen LogP contribution in [0.5, 0.6) is 0 Å². The SMILES string of the molecule is O=CC(CC(=O)NNC(=S)Nc1ccc([N+](=O)[O-])cc1)C(S)Nc1ccccc1. The van der Waals surface area contributed by atoms with E-state index in [4.69, 9.17) is 12.2 Å². The molecule has 0 aliphatic rings. The third kappa shape index (κ3) is 7.39. The zero-order valence-corrected chi connectivity index (χ0v) is 16.8. The Kier molecular flexibility index (Phi) is 8.37. The largest absolute Gasteiger partial charge is 0.373 e. The normalized spacial score (nSPS) is 12.2. The first-order chi connectivity index (χ1) is 13.9. The van der Waals surface area contributed by atoms with Gasteiger partial charge in [0.25, 0.3) is 5.69 Å². The molecule has 2 unspecified atom stereocenters. The van der Waals surface area contributed by atoms with Crippen molar-refractivity contribution in [2.24, 2.45) is 5.92 Å². The number of anilines is 2. The minimum Gasteiger partial charge on any atom is -0.373 e. The number of para-hydroxylation sites is 1. The third-order valence-electron chi connectivity index (χ3n) is 3.74. The number of rotatable bonds is 8. The van der Waals surface area contributed by atoms with E-state index in [0.29, 0.717) is 12.0 Å². The van der Waals surface area contributed by atoms with Gasteiger partial charge >= 0.3 is 0 Å². The lowest BCUT2D eigenvalue weighted by atomic mass is 10.1. The summed E-state index contributed by atoms with van der Waals surface area (Å²) in [4.78, 5) is 33.6. The van der Waals surface area contributed by atoms with Crippen LogP contribution in [0.3, 0.4) is 0 Å². The first-order valence-corrected chi connectivity index (χ1v) is 9.36. The zero-order valence-electron chi connectivity index (χ0n) is 15.1. The van der Waals surface area contributed by atoms with Gasteiger partial charge in [0.2, 0.25) is 5.91 Å². The number of nitrogens with one attached hydrogen (secondary N) is 4. The molecule has 0 saturated heterocycles. The molecule has 0 fully saturated rings. The average Bonchev–Trinajstić information content (AvgIpc) is 2.71. The Balaban J connectivity index is 1.78. The van der Waals surface area contributed by atoms with E-state index >= 15 is 0 Å². The van der Waals surface area contributed by atoms with Gasteiger partial charge in [0.1, 0.15) is 6.29 Å². The highest BCUT2D eigenvalue weighted by Crippen LogP contribution is 2.17. The Morgan fingerprint density at radius 2 is 1.76 bits per heavy atom. The molecule has 152 valence electrons. The van der Waals surface area contributed by atoms with E-state index in [2.05, 4.69) is 34.1 Å². The van der Waals surface area contributed by atoms with Crippen molar-refractivity contribution < 1.29 is 14.5 Å².